The Bertz CT molecular complexity index is 938. The minimum atomic E-state index is -1.07. The summed E-state index contributed by atoms with van der Waals surface area (Å²) in [6.45, 7) is 6.58. The van der Waals surface area contributed by atoms with Gasteiger partial charge in [-0.15, -0.1) is 0 Å². The van der Waals surface area contributed by atoms with Gasteiger partial charge in [-0.1, -0.05) is 0 Å². The van der Waals surface area contributed by atoms with E-state index in [0.29, 0.717) is 22.5 Å². The minimum absolute atomic E-state index is 0.181. The van der Waals surface area contributed by atoms with E-state index in [1.54, 1.807) is 45.0 Å². The molecule has 1 atom stereocenters. The van der Waals surface area contributed by atoms with Gasteiger partial charge in [0.25, 0.3) is 5.91 Å². The molecule has 2 aromatic rings. The highest BCUT2D eigenvalue weighted by atomic mass is 16.5. The van der Waals surface area contributed by atoms with Gasteiger partial charge in [-0.2, -0.15) is 5.26 Å². The molecule has 1 aromatic heterocycles. The highest BCUT2D eigenvalue weighted by molar-refractivity contribution is 6.01. The van der Waals surface area contributed by atoms with E-state index in [-0.39, 0.29) is 17.9 Å². The Hall–Kier alpha value is -3.60. The lowest BCUT2D eigenvalue weighted by molar-refractivity contribution is -0.123. The molecule has 2 N–H and O–H groups in total. The highest BCUT2D eigenvalue weighted by Gasteiger charge is 2.26. The summed E-state index contributed by atoms with van der Waals surface area (Å²) in [5.74, 6) is -1.80. The fraction of sp³-hybridized carbons (Fsp3) is 0.300. The lowest BCUT2D eigenvalue weighted by Gasteiger charge is -2.14. The number of amides is 1. The Kier molecular flexibility index (Phi) is 6.55. The number of nitriles is 1. The van der Waals surface area contributed by atoms with Gasteiger partial charge in [-0.3, -0.25) is 4.79 Å². The number of aromatic nitrogens is 1. The first kappa shape index (κ1) is 20.7. The van der Waals surface area contributed by atoms with E-state index in [0.717, 1.165) is 0 Å². The highest BCUT2D eigenvalue weighted by Crippen LogP contribution is 2.20. The average molecular weight is 383 g/mol. The maximum atomic E-state index is 12.5. The summed E-state index contributed by atoms with van der Waals surface area (Å²) in [7, 11) is 0. The molecule has 1 amide bonds. The largest absolute Gasteiger partial charge is 0.461 e. The summed E-state index contributed by atoms with van der Waals surface area (Å²) in [4.78, 5) is 39.6. The molecule has 8 nitrogen and oxygen atoms in total. The van der Waals surface area contributed by atoms with Crippen LogP contribution in [0.4, 0.5) is 5.69 Å². The second-order valence-electron chi connectivity index (χ2n) is 6.07. The summed E-state index contributed by atoms with van der Waals surface area (Å²) in [6, 6.07) is 8.28. The molecular formula is C20H21N3O5. The lowest BCUT2D eigenvalue weighted by atomic mass is 10.1. The molecule has 0 saturated heterocycles. The van der Waals surface area contributed by atoms with Crippen molar-refractivity contribution in [3.8, 4) is 6.07 Å². The molecule has 0 bridgehead atoms. The van der Waals surface area contributed by atoms with E-state index in [4.69, 9.17) is 14.7 Å². The number of nitrogens with zero attached hydrogens (tertiary/aromatic N) is 1. The van der Waals surface area contributed by atoms with Crippen molar-refractivity contribution in [1.82, 2.24) is 4.98 Å². The Labute approximate surface area is 162 Å². The van der Waals surface area contributed by atoms with Gasteiger partial charge < -0.3 is 19.8 Å². The molecule has 0 aliphatic rings. The van der Waals surface area contributed by atoms with Gasteiger partial charge in [0.15, 0.2) is 6.10 Å². The van der Waals surface area contributed by atoms with Gasteiger partial charge in [0.05, 0.1) is 23.8 Å². The van der Waals surface area contributed by atoms with Crippen molar-refractivity contribution < 1.29 is 23.9 Å². The van der Waals surface area contributed by atoms with Crippen LogP contribution < -0.4 is 5.32 Å². The van der Waals surface area contributed by atoms with Gasteiger partial charge in [0, 0.05) is 11.4 Å². The van der Waals surface area contributed by atoms with Crippen LogP contribution >= 0.6 is 0 Å². The number of nitrogens with one attached hydrogen (secondary N) is 2. The monoisotopic (exact) mass is 383 g/mol. The normalized spacial score (nSPS) is 11.2. The van der Waals surface area contributed by atoms with E-state index in [1.165, 1.54) is 6.92 Å². The third-order valence-electron chi connectivity index (χ3n) is 4.06. The summed E-state index contributed by atoms with van der Waals surface area (Å²) < 4.78 is 10.2. The van der Waals surface area contributed by atoms with Crippen LogP contribution in [-0.4, -0.2) is 35.5 Å². The number of hydrogen-bond acceptors (Lipinski definition) is 6. The zero-order valence-corrected chi connectivity index (χ0v) is 16.1. The Morgan fingerprint density at radius 2 is 1.82 bits per heavy atom. The molecule has 146 valence electrons. The van der Waals surface area contributed by atoms with Crippen LogP contribution in [-0.2, 0) is 14.3 Å². The number of benzene rings is 1. The lowest BCUT2D eigenvalue weighted by Crippen LogP contribution is -2.30. The van der Waals surface area contributed by atoms with Gasteiger partial charge in [0.1, 0.15) is 5.69 Å². The van der Waals surface area contributed by atoms with E-state index < -0.39 is 23.9 Å². The number of carbonyl (C=O) groups is 3. The first-order valence-electron chi connectivity index (χ1n) is 8.66. The first-order valence-corrected chi connectivity index (χ1v) is 8.66. The molecular weight excluding hydrogens is 362 g/mol. The third-order valence-corrected chi connectivity index (χ3v) is 4.06. The summed E-state index contributed by atoms with van der Waals surface area (Å²) in [5.41, 5.74) is 2.17. The number of carbonyl (C=O) groups excluding carboxylic acids is 3. The minimum Gasteiger partial charge on any atom is -0.461 e. The van der Waals surface area contributed by atoms with Crippen molar-refractivity contribution in [2.75, 3.05) is 11.9 Å². The van der Waals surface area contributed by atoms with Crippen molar-refractivity contribution >= 4 is 23.5 Å². The van der Waals surface area contributed by atoms with E-state index >= 15 is 0 Å². The van der Waals surface area contributed by atoms with Crippen LogP contribution in [0.1, 0.15) is 51.5 Å². The standard InChI is InChI=1S/C20H21N3O5/c1-5-27-20(26)17-11(2)16(12(3)22-17)19(25)28-13(4)18(24)23-15-8-6-14(10-21)7-9-15/h6-9,13,22H,5H2,1-4H3,(H,23,24)/t13-/m0/s1. The average Bonchev–Trinajstić information content (AvgIpc) is 2.96. The number of aromatic amines is 1. The fourth-order valence-corrected chi connectivity index (χ4v) is 2.61. The second-order valence-corrected chi connectivity index (χ2v) is 6.07. The number of H-pyrrole nitrogens is 1. The van der Waals surface area contributed by atoms with E-state index in [1.807, 2.05) is 6.07 Å². The Morgan fingerprint density at radius 1 is 1.18 bits per heavy atom. The number of anilines is 1. The van der Waals surface area contributed by atoms with Crippen LogP contribution in [0.25, 0.3) is 0 Å². The molecule has 0 unspecified atom stereocenters. The molecule has 28 heavy (non-hydrogen) atoms. The molecule has 0 saturated carbocycles. The van der Waals surface area contributed by atoms with Crippen molar-refractivity contribution in [1.29, 1.82) is 5.26 Å². The van der Waals surface area contributed by atoms with Crippen molar-refractivity contribution in [3.05, 3.63) is 52.3 Å². The number of hydrogen-bond donors (Lipinski definition) is 2. The number of aryl methyl sites for hydroxylation is 1. The molecule has 1 heterocycles. The van der Waals surface area contributed by atoms with Gasteiger partial charge in [-0.05, 0) is 57.5 Å². The molecule has 0 radical (unpaired) electrons. The topological polar surface area (TPSA) is 121 Å². The quantitative estimate of drug-likeness (QED) is 0.740. The predicted octanol–water partition coefficient (Wildman–Crippen LogP) is 2.86. The van der Waals surface area contributed by atoms with Crippen molar-refractivity contribution in [3.63, 3.8) is 0 Å². The predicted molar refractivity (Wildman–Crippen MR) is 101 cm³/mol. The molecule has 1 aromatic carbocycles. The van der Waals surface area contributed by atoms with Crippen LogP contribution in [0.3, 0.4) is 0 Å². The zero-order chi connectivity index (χ0) is 20.8. The van der Waals surface area contributed by atoms with E-state index in [9.17, 15) is 14.4 Å². The Morgan fingerprint density at radius 3 is 2.39 bits per heavy atom. The maximum Gasteiger partial charge on any atom is 0.355 e. The second kappa shape index (κ2) is 8.86. The fourth-order valence-electron chi connectivity index (χ4n) is 2.61. The van der Waals surface area contributed by atoms with Crippen LogP contribution in [0.5, 0.6) is 0 Å². The molecule has 0 aliphatic heterocycles. The molecule has 0 spiro atoms. The van der Waals surface area contributed by atoms with Gasteiger partial charge in [-0.25, -0.2) is 9.59 Å². The molecule has 0 fully saturated rings. The Balaban J connectivity index is 2.08. The smallest absolute Gasteiger partial charge is 0.355 e. The van der Waals surface area contributed by atoms with Gasteiger partial charge in [0.2, 0.25) is 0 Å². The summed E-state index contributed by atoms with van der Waals surface area (Å²) >= 11 is 0. The summed E-state index contributed by atoms with van der Waals surface area (Å²) in [6.07, 6.45) is -1.07. The number of rotatable bonds is 6. The zero-order valence-electron chi connectivity index (χ0n) is 16.1. The first-order chi connectivity index (χ1) is 13.3. The van der Waals surface area contributed by atoms with Crippen molar-refractivity contribution in [2.24, 2.45) is 0 Å². The van der Waals surface area contributed by atoms with Crippen molar-refractivity contribution in [2.45, 2.75) is 33.8 Å². The van der Waals surface area contributed by atoms with Gasteiger partial charge >= 0.3 is 11.9 Å². The number of esters is 2. The SMILES string of the molecule is CCOC(=O)c1[nH]c(C)c(C(=O)O[C@@H](C)C(=O)Nc2ccc(C#N)cc2)c1C. The molecule has 0 aliphatic carbocycles. The van der Waals surface area contributed by atoms with E-state index in [2.05, 4.69) is 10.3 Å². The molecule has 8 heteroatoms. The number of ether oxygens (including phenoxy) is 2. The van der Waals surface area contributed by atoms with Crippen LogP contribution in [0.15, 0.2) is 24.3 Å². The van der Waals surface area contributed by atoms with Crippen LogP contribution in [0, 0.1) is 25.2 Å². The van der Waals surface area contributed by atoms with Crippen LogP contribution in [0.2, 0.25) is 0 Å². The third kappa shape index (κ3) is 4.57. The summed E-state index contributed by atoms with van der Waals surface area (Å²) in [5, 5.41) is 11.4. The molecule has 2 rings (SSSR count). The maximum absolute atomic E-state index is 12.5.